The second kappa shape index (κ2) is 4.22. The molecule has 0 spiro atoms. The van der Waals surface area contributed by atoms with Crippen LogP contribution in [0.15, 0.2) is 18.2 Å². The van der Waals surface area contributed by atoms with Gasteiger partial charge in [-0.15, -0.1) is 0 Å². The summed E-state index contributed by atoms with van der Waals surface area (Å²) in [5.74, 6) is 0.693. The summed E-state index contributed by atoms with van der Waals surface area (Å²) in [5.41, 5.74) is 6.11. The molecule has 1 fully saturated rings. The van der Waals surface area contributed by atoms with Gasteiger partial charge in [0.05, 0.1) is 18.1 Å². The number of nitrogens with two attached hydrogens (primary N) is 1. The van der Waals surface area contributed by atoms with E-state index in [1.54, 1.807) is 6.07 Å². The van der Waals surface area contributed by atoms with Crippen LogP contribution in [-0.4, -0.2) is 30.1 Å². The summed E-state index contributed by atoms with van der Waals surface area (Å²) < 4.78 is 5.71. The number of para-hydroxylation sites is 1. The van der Waals surface area contributed by atoms with Crippen LogP contribution in [0.3, 0.4) is 0 Å². The largest absolute Gasteiger partial charge is 0.485 e. The maximum Gasteiger partial charge on any atom is 0.315 e. The summed E-state index contributed by atoms with van der Waals surface area (Å²) in [6.07, 6.45) is -0.00824. The molecule has 1 aliphatic heterocycles. The summed E-state index contributed by atoms with van der Waals surface area (Å²) in [4.78, 5) is 12.3. The fourth-order valence-corrected chi connectivity index (χ4v) is 1.89. The second-order valence-electron chi connectivity index (χ2n) is 3.87. The molecule has 16 heavy (non-hydrogen) atoms. The standard InChI is InChI=1S/C11H13ClN2O2/c1-7-3-2-4-9(12)10(7)16-8-5-14(6-8)11(13)15/h2-4,8H,5-6H2,1H3,(H2,13,15). The lowest BCUT2D eigenvalue weighted by atomic mass is 10.1. The van der Waals surface area contributed by atoms with E-state index >= 15 is 0 Å². The van der Waals surface area contributed by atoms with Gasteiger partial charge in [-0.2, -0.15) is 0 Å². The molecule has 1 aromatic rings. The molecule has 2 N–H and O–H groups in total. The molecule has 2 rings (SSSR count). The molecule has 0 atom stereocenters. The minimum absolute atomic E-state index is 0.00824. The minimum Gasteiger partial charge on any atom is -0.485 e. The highest BCUT2D eigenvalue weighted by Crippen LogP contribution is 2.30. The molecule has 0 saturated carbocycles. The van der Waals surface area contributed by atoms with Crippen molar-refractivity contribution in [1.29, 1.82) is 0 Å². The Morgan fingerprint density at radius 3 is 2.81 bits per heavy atom. The Labute approximate surface area is 98.9 Å². The highest BCUT2D eigenvalue weighted by Gasteiger charge is 2.31. The molecule has 86 valence electrons. The van der Waals surface area contributed by atoms with Gasteiger partial charge in [0.2, 0.25) is 0 Å². The molecule has 0 bridgehead atoms. The predicted molar refractivity (Wildman–Crippen MR) is 61.8 cm³/mol. The molecule has 2 amide bonds. The normalized spacial score (nSPS) is 15.8. The van der Waals surface area contributed by atoms with Crippen molar-refractivity contribution < 1.29 is 9.53 Å². The topological polar surface area (TPSA) is 55.6 Å². The van der Waals surface area contributed by atoms with E-state index in [1.807, 2.05) is 19.1 Å². The molecule has 5 heteroatoms. The Balaban J connectivity index is 1.99. The third-order valence-corrected chi connectivity index (χ3v) is 2.91. The smallest absolute Gasteiger partial charge is 0.315 e. The number of hydrogen-bond acceptors (Lipinski definition) is 2. The lowest BCUT2D eigenvalue weighted by Crippen LogP contribution is -2.57. The van der Waals surface area contributed by atoms with Crippen molar-refractivity contribution in [3.63, 3.8) is 0 Å². The van der Waals surface area contributed by atoms with Crippen molar-refractivity contribution in [2.75, 3.05) is 13.1 Å². The number of halogens is 1. The first-order valence-electron chi connectivity index (χ1n) is 5.04. The van der Waals surface area contributed by atoms with Gasteiger partial charge in [-0.3, -0.25) is 0 Å². The van der Waals surface area contributed by atoms with Crippen molar-refractivity contribution in [3.05, 3.63) is 28.8 Å². The van der Waals surface area contributed by atoms with Crippen LogP contribution >= 0.6 is 11.6 Å². The summed E-state index contributed by atoms with van der Waals surface area (Å²) >= 11 is 6.02. The van der Waals surface area contributed by atoms with E-state index in [1.165, 1.54) is 4.90 Å². The number of carbonyl (C=O) groups excluding carboxylic acids is 1. The lowest BCUT2D eigenvalue weighted by molar-refractivity contribution is 0.0473. The quantitative estimate of drug-likeness (QED) is 0.857. The number of primary amides is 1. The number of carbonyl (C=O) groups is 1. The monoisotopic (exact) mass is 240 g/mol. The fourth-order valence-electron chi connectivity index (χ4n) is 1.63. The Kier molecular flexibility index (Phi) is 2.92. The molecule has 0 unspecified atom stereocenters. The number of hydrogen-bond donors (Lipinski definition) is 1. The van der Waals surface area contributed by atoms with Crippen LogP contribution in [0.5, 0.6) is 5.75 Å². The number of urea groups is 1. The fraction of sp³-hybridized carbons (Fsp3) is 0.364. The molecule has 1 saturated heterocycles. The van der Waals surface area contributed by atoms with E-state index in [-0.39, 0.29) is 6.10 Å². The van der Waals surface area contributed by atoms with Gasteiger partial charge < -0.3 is 15.4 Å². The van der Waals surface area contributed by atoms with Crippen molar-refractivity contribution in [3.8, 4) is 5.75 Å². The number of benzene rings is 1. The van der Waals surface area contributed by atoms with Crippen molar-refractivity contribution in [2.45, 2.75) is 13.0 Å². The van der Waals surface area contributed by atoms with E-state index < -0.39 is 6.03 Å². The Morgan fingerprint density at radius 1 is 1.56 bits per heavy atom. The van der Waals surface area contributed by atoms with Crippen LogP contribution in [0.4, 0.5) is 4.79 Å². The molecule has 0 radical (unpaired) electrons. The Hall–Kier alpha value is -1.42. The van der Waals surface area contributed by atoms with E-state index in [0.717, 1.165) is 5.56 Å². The second-order valence-corrected chi connectivity index (χ2v) is 4.28. The first-order valence-corrected chi connectivity index (χ1v) is 5.42. The van der Waals surface area contributed by atoms with Gasteiger partial charge in [0.15, 0.2) is 0 Å². The van der Waals surface area contributed by atoms with Gasteiger partial charge in [0.25, 0.3) is 0 Å². The third-order valence-electron chi connectivity index (χ3n) is 2.61. The van der Waals surface area contributed by atoms with Gasteiger partial charge in [-0.1, -0.05) is 23.7 Å². The van der Waals surface area contributed by atoms with Crippen molar-refractivity contribution in [1.82, 2.24) is 4.90 Å². The van der Waals surface area contributed by atoms with E-state index in [2.05, 4.69) is 0 Å². The van der Waals surface area contributed by atoms with Crippen LogP contribution in [0.25, 0.3) is 0 Å². The van der Waals surface area contributed by atoms with Gasteiger partial charge in [-0.05, 0) is 18.6 Å². The van der Waals surface area contributed by atoms with Crippen molar-refractivity contribution in [2.24, 2.45) is 5.73 Å². The molecule has 1 heterocycles. The average Bonchev–Trinajstić information content (AvgIpc) is 2.13. The number of nitrogens with zero attached hydrogens (tertiary/aromatic N) is 1. The lowest BCUT2D eigenvalue weighted by Gasteiger charge is -2.38. The zero-order valence-electron chi connectivity index (χ0n) is 8.94. The molecule has 0 aliphatic carbocycles. The summed E-state index contributed by atoms with van der Waals surface area (Å²) in [6, 6.07) is 5.19. The Morgan fingerprint density at radius 2 is 2.25 bits per heavy atom. The number of amides is 2. The number of aryl methyl sites for hydroxylation is 1. The predicted octanol–water partition coefficient (Wildman–Crippen LogP) is 1.79. The van der Waals surface area contributed by atoms with Gasteiger partial charge in [0, 0.05) is 0 Å². The third kappa shape index (κ3) is 2.07. The maximum absolute atomic E-state index is 10.8. The molecule has 1 aliphatic rings. The zero-order chi connectivity index (χ0) is 11.7. The first-order chi connectivity index (χ1) is 7.58. The average molecular weight is 241 g/mol. The highest BCUT2D eigenvalue weighted by atomic mass is 35.5. The van der Waals surface area contributed by atoms with Gasteiger partial charge in [-0.25, -0.2) is 4.79 Å². The van der Waals surface area contributed by atoms with Crippen LogP contribution in [0, 0.1) is 6.92 Å². The minimum atomic E-state index is -0.407. The van der Waals surface area contributed by atoms with E-state index in [0.29, 0.717) is 23.9 Å². The van der Waals surface area contributed by atoms with E-state index in [4.69, 9.17) is 22.1 Å². The molecule has 4 nitrogen and oxygen atoms in total. The van der Waals surface area contributed by atoms with Crippen LogP contribution < -0.4 is 10.5 Å². The molecule has 1 aromatic carbocycles. The highest BCUT2D eigenvalue weighted by molar-refractivity contribution is 6.32. The zero-order valence-corrected chi connectivity index (χ0v) is 9.70. The summed E-state index contributed by atoms with van der Waals surface area (Å²) in [5, 5.41) is 0.595. The Bertz CT molecular complexity index is 396. The SMILES string of the molecule is Cc1cccc(Cl)c1OC1CN(C(N)=O)C1. The summed E-state index contributed by atoms with van der Waals surface area (Å²) in [6.45, 7) is 2.99. The van der Waals surface area contributed by atoms with Gasteiger partial charge >= 0.3 is 6.03 Å². The number of likely N-dealkylation sites (tertiary alicyclic amines) is 1. The number of ether oxygens (including phenoxy) is 1. The number of rotatable bonds is 2. The van der Waals surface area contributed by atoms with E-state index in [9.17, 15) is 4.79 Å². The van der Waals surface area contributed by atoms with Crippen LogP contribution in [0.1, 0.15) is 5.56 Å². The van der Waals surface area contributed by atoms with Crippen molar-refractivity contribution >= 4 is 17.6 Å². The first kappa shape index (κ1) is 11.1. The molecular formula is C11H13ClN2O2. The molecule has 0 aromatic heterocycles. The maximum atomic E-state index is 10.8. The van der Waals surface area contributed by atoms with Crippen LogP contribution in [0.2, 0.25) is 5.02 Å². The van der Waals surface area contributed by atoms with Crippen LogP contribution in [-0.2, 0) is 0 Å². The molecular weight excluding hydrogens is 228 g/mol. The van der Waals surface area contributed by atoms with Gasteiger partial charge in [0.1, 0.15) is 11.9 Å². The summed E-state index contributed by atoms with van der Waals surface area (Å²) in [7, 11) is 0.